The van der Waals surface area contributed by atoms with E-state index in [-0.39, 0.29) is 11.3 Å². The van der Waals surface area contributed by atoms with Gasteiger partial charge in [-0.1, -0.05) is 48.5 Å². The Morgan fingerprint density at radius 3 is 2.23 bits per heavy atom. The van der Waals surface area contributed by atoms with Crippen molar-refractivity contribution in [3.8, 4) is 23.3 Å². The number of aromatic nitrogens is 2. The first kappa shape index (κ1) is 23.6. The van der Waals surface area contributed by atoms with Crippen molar-refractivity contribution >= 4 is 0 Å². The monoisotopic (exact) mass is 477 g/mol. The standard InChI is InChI=1S/C26H18F3N3O3/c1-15-7-6-8-16(2)24(15)35-21-12-20(19(27)11-17(21)14-30)32-23(33)13-22(31-25(32)34)26(28,29)18-9-4-3-5-10-18/h3-13H,1-2H3,(H,31,34). The summed E-state index contributed by atoms with van der Waals surface area (Å²) in [6.45, 7) is 3.55. The lowest BCUT2D eigenvalue weighted by atomic mass is 10.1. The number of nitrogens with zero attached hydrogens (tertiary/aromatic N) is 2. The maximum Gasteiger partial charge on any atom is 0.333 e. The van der Waals surface area contributed by atoms with Gasteiger partial charge in [0.25, 0.3) is 5.56 Å². The van der Waals surface area contributed by atoms with Crippen LogP contribution in [0.25, 0.3) is 5.69 Å². The Kier molecular flexibility index (Phi) is 6.05. The lowest BCUT2D eigenvalue weighted by Crippen LogP contribution is -2.37. The van der Waals surface area contributed by atoms with Crippen molar-refractivity contribution in [2.75, 3.05) is 0 Å². The van der Waals surface area contributed by atoms with Crippen molar-refractivity contribution in [3.63, 3.8) is 0 Å². The van der Waals surface area contributed by atoms with Gasteiger partial charge in [-0.2, -0.15) is 14.0 Å². The van der Waals surface area contributed by atoms with E-state index in [1.54, 1.807) is 32.0 Å². The molecule has 3 aromatic carbocycles. The van der Waals surface area contributed by atoms with E-state index in [1.807, 2.05) is 17.1 Å². The van der Waals surface area contributed by atoms with Gasteiger partial charge in [0.1, 0.15) is 23.4 Å². The van der Waals surface area contributed by atoms with Crippen LogP contribution in [0.2, 0.25) is 0 Å². The molecule has 0 aliphatic carbocycles. The summed E-state index contributed by atoms with van der Waals surface area (Å²) in [5.41, 5.74) is -3.07. The van der Waals surface area contributed by atoms with E-state index in [0.29, 0.717) is 16.4 Å². The van der Waals surface area contributed by atoms with Gasteiger partial charge in [0, 0.05) is 17.7 Å². The molecule has 4 aromatic rings. The maximum atomic E-state index is 14.9. The molecule has 0 aliphatic heterocycles. The summed E-state index contributed by atoms with van der Waals surface area (Å²) in [5.74, 6) is -4.43. The van der Waals surface area contributed by atoms with Gasteiger partial charge >= 0.3 is 11.6 Å². The number of H-pyrrole nitrogens is 1. The number of hydrogen-bond donors (Lipinski definition) is 1. The quantitative estimate of drug-likeness (QED) is 0.434. The fourth-order valence-electron chi connectivity index (χ4n) is 3.65. The zero-order valence-corrected chi connectivity index (χ0v) is 18.6. The minimum atomic E-state index is -3.67. The van der Waals surface area contributed by atoms with Crippen molar-refractivity contribution in [2.45, 2.75) is 19.8 Å². The Morgan fingerprint density at radius 1 is 0.971 bits per heavy atom. The number of aryl methyl sites for hydroxylation is 2. The van der Waals surface area contributed by atoms with Crippen LogP contribution < -0.4 is 16.0 Å². The molecule has 35 heavy (non-hydrogen) atoms. The summed E-state index contributed by atoms with van der Waals surface area (Å²) >= 11 is 0. The zero-order valence-electron chi connectivity index (χ0n) is 18.6. The number of alkyl halides is 2. The molecule has 9 heteroatoms. The second-order valence-electron chi connectivity index (χ2n) is 7.84. The number of benzene rings is 3. The van der Waals surface area contributed by atoms with E-state index in [4.69, 9.17) is 4.74 Å². The number of nitrogens with one attached hydrogen (secondary N) is 1. The molecule has 0 unspecified atom stereocenters. The highest BCUT2D eigenvalue weighted by Gasteiger charge is 2.36. The fourth-order valence-corrected chi connectivity index (χ4v) is 3.65. The molecule has 6 nitrogen and oxygen atoms in total. The topological polar surface area (TPSA) is 87.9 Å². The van der Waals surface area contributed by atoms with Gasteiger partial charge in [-0.15, -0.1) is 0 Å². The molecule has 4 rings (SSSR count). The third kappa shape index (κ3) is 4.34. The van der Waals surface area contributed by atoms with E-state index in [1.165, 1.54) is 12.1 Å². The third-order valence-corrected chi connectivity index (χ3v) is 5.44. The number of para-hydroxylation sites is 1. The van der Waals surface area contributed by atoms with Crippen LogP contribution in [0, 0.1) is 31.0 Å². The second kappa shape index (κ2) is 8.99. The second-order valence-corrected chi connectivity index (χ2v) is 7.84. The van der Waals surface area contributed by atoms with E-state index in [2.05, 4.69) is 0 Å². The van der Waals surface area contributed by atoms with Crippen molar-refractivity contribution in [2.24, 2.45) is 0 Å². The Morgan fingerprint density at radius 2 is 1.63 bits per heavy atom. The summed E-state index contributed by atoms with van der Waals surface area (Å²) in [6, 6.07) is 16.2. The lowest BCUT2D eigenvalue weighted by molar-refractivity contribution is 0.0373. The van der Waals surface area contributed by atoms with Crippen LogP contribution >= 0.6 is 0 Å². The highest BCUT2D eigenvalue weighted by Crippen LogP contribution is 2.34. The molecule has 0 saturated carbocycles. The Bertz CT molecular complexity index is 1530. The lowest BCUT2D eigenvalue weighted by Gasteiger charge is -2.18. The molecule has 0 fully saturated rings. The van der Waals surface area contributed by atoms with Gasteiger partial charge in [-0.05, 0) is 31.0 Å². The summed E-state index contributed by atoms with van der Waals surface area (Å²) in [7, 11) is 0. The summed E-state index contributed by atoms with van der Waals surface area (Å²) in [4.78, 5) is 27.5. The van der Waals surface area contributed by atoms with Crippen molar-refractivity contribution < 1.29 is 17.9 Å². The number of halogens is 3. The minimum Gasteiger partial charge on any atom is -0.455 e. The molecule has 0 radical (unpaired) electrons. The van der Waals surface area contributed by atoms with Crippen LogP contribution in [-0.4, -0.2) is 9.55 Å². The average molecular weight is 477 g/mol. The van der Waals surface area contributed by atoms with E-state index < -0.39 is 39.9 Å². The Balaban J connectivity index is 1.85. The molecule has 1 N–H and O–H groups in total. The highest BCUT2D eigenvalue weighted by atomic mass is 19.3. The molecule has 0 saturated heterocycles. The fraction of sp³-hybridized carbons (Fsp3) is 0.115. The predicted octanol–water partition coefficient (Wildman–Crippen LogP) is 5.09. The van der Waals surface area contributed by atoms with Crippen LogP contribution in [0.5, 0.6) is 11.5 Å². The van der Waals surface area contributed by atoms with E-state index in [0.717, 1.165) is 35.4 Å². The number of nitriles is 1. The third-order valence-electron chi connectivity index (χ3n) is 5.44. The zero-order chi connectivity index (χ0) is 25.3. The smallest absolute Gasteiger partial charge is 0.333 e. The Hall–Kier alpha value is -4.58. The van der Waals surface area contributed by atoms with Crippen molar-refractivity contribution in [3.05, 3.63) is 121 Å². The molecule has 176 valence electrons. The molecular weight excluding hydrogens is 459 g/mol. The van der Waals surface area contributed by atoms with Gasteiger partial charge in [-0.25, -0.2) is 13.8 Å². The first-order valence-corrected chi connectivity index (χ1v) is 10.4. The minimum absolute atomic E-state index is 0.105. The molecular formula is C26H18F3N3O3. The molecule has 0 aliphatic rings. The van der Waals surface area contributed by atoms with Gasteiger partial charge in [0.05, 0.1) is 16.9 Å². The molecule has 0 bridgehead atoms. The van der Waals surface area contributed by atoms with Gasteiger partial charge in [0.15, 0.2) is 0 Å². The maximum absolute atomic E-state index is 14.9. The normalized spacial score (nSPS) is 11.2. The largest absolute Gasteiger partial charge is 0.455 e. The van der Waals surface area contributed by atoms with Crippen molar-refractivity contribution in [1.82, 2.24) is 9.55 Å². The summed E-state index contributed by atoms with van der Waals surface area (Å²) < 4.78 is 50.9. The predicted molar refractivity (Wildman–Crippen MR) is 123 cm³/mol. The number of ether oxygens (including phenoxy) is 1. The summed E-state index contributed by atoms with van der Waals surface area (Å²) in [6.07, 6.45) is 0. The van der Waals surface area contributed by atoms with Gasteiger partial charge in [-0.3, -0.25) is 4.79 Å². The highest BCUT2D eigenvalue weighted by molar-refractivity contribution is 5.54. The van der Waals surface area contributed by atoms with Crippen LogP contribution in [0.4, 0.5) is 13.2 Å². The summed E-state index contributed by atoms with van der Waals surface area (Å²) in [5, 5.41) is 9.45. The number of aromatic amines is 1. The molecule has 0 spiro atoms. The van der Waals surface area contributed by atoms with Crippen LogP contribution in [0.1, 0.15) is 27.9 Å². The van der Waals surface area contributed by atoms with Crippen LogP contribution in [0.3, 0.4) is 0 Å². The SMILES string of the molecule is Cc1cccc(C)c1Oc1cc(-n2c(=O)cc(C(F)(F)c3ccccc3)[nH]c2=O)c(F)cc1C#N. The van der Waals surface area contributed by atoms with Crippen LogP contribution in [-0.2, 0) is 5.92 Å². The Labute approximate surface area is 197 Å². The molecule has 1 aromatic heterocycles. The number of rotatable bonds is 5. The first-order valence-electron chi connectivity index (χ1n) is 10.4. The van der Waals surface area contributed by atoms with Gasteiger partial charge < -0.3 is 9.72 Å². The van der Waals surface area contributed by atoms with E-state index in [9.17, 15) is 28.0 Å². The molecule has 0 atom stereocenters. The molecule has 1 heterocycles. The number of hydrogen-bond acceptors (Lipinski definition) is 4. The van der Waals surface area contributed by atoms with E-state index >= 15 is 0 Å². The molecule has 0 amide bonds. The van der Waals surface area contributed by atoms with Crippen molar-refractivity contribution in [1.29, 1.82) is 5.26 Å². The average Bonchev–Trinajstić information content (AvgIpc) is 2.83. The van der Waals surface area contributed by atoms with Crippen LogP contribution in [0.15, 0.2) is 76.3 Å². The van der Waals surface area contributed by atoms with Gasteiger partial charge in [0.2, 0.25) is 0 Å². The first-order chi connectivity index (χ1) is 16.6.